The smallest absolute Gasteiger partial charge is 0.338 e. The average molecular weight is 765 g/mol. The SMILES string of the molecule is CC(=O)OC[C@H]1O[C@H](OC[C@H]2O[C@H](O)[C@H](OC(=O)c3ccccc3)[C@@H](OC(=O)c3ccccc3)[C@@H]2OC(=O)c2ccccc2)C[C@@H](OC(C)=O)[C@H]1OC(C)=O. The van der Waals surface area contributed by atoms with Crippen molar-refractivity contribution in [1.29, 1.82) is 0 Å². The molecule has 0 aliphatic carbocycles. The summed E-state index contributed by atoms with van der Waals surface area (Å²) < 4.78 is 51.3. The summed E-state index contributed by atoms with van der Waals surface area (Å²) >= 11 is 0. The van der Waals surface area contributed by atoms with Gasteiger partial charge in [0.05, 0.1) is 23.3 Å². The van der Waals surface area contributed by atoms with E-state index < -0.39 is 104 Å². The monoisotopic (exact) mass is 764 g/mol. The summed E-state index contributed by atoms with van der Waals surface area (Å²) in [5.74, 6) is -4.76. The first-order valence-corrected chi connectivity index (χ1v) is 17.3. The maximum Gasteiger partial charge on any atom is 0.338 e. The van der Waals surface area contributed by atoms with Crippen LogP contribution in [-0.2, 0) is 57.0 Å². The number of hydrogen-bond acceptors (Lipinski definition) is 16. The predicted octanol–water partition coefficient (Wildman–Crippen LogP) is 2.94. The number of ether oxygens (including phenoxy) is 9. The number of esters is 6. The highest BCUT2D eigenvalue weighted by atomic mass is 16.7. The van der Waals surface area contributed by atoms with Crippen LogP contribution in [-0.4, -0.2) is 109 Å². The third-order valence-electron chi connectivity index (χ3n) is 8.37. The summed E-state index contributed by atoms with van der Waals surface area (Å²) in [6.07, 6.45) is -13.3. The summed E-state index contributed by atoms with van der Waals surface area (Å²) in [5.41, 5.74) is 0.327. The highest BCUT2D eigenvalue weighted by Gasteiger charge is 2.53. The van der Waals surface area contributed by atoms with E-state index in [0.29, 0.717) is 0 Å². The lowest BCUT2D eigenvalue weighted by Gasteiger charge is -2.44. The number of aliphatic hydroxyl groups excluding tert-OH is 1. The van der Waals surface area contributed by atoms with Crippen molar-refractivity contribution in [3.8, 4) is 0 Å². The number of aliphatic hydroxyl groups is 1. The Morgan fingerprint density at radius 1 is 0.545 bits per heavy atom. The van der Waals surface area contributed by atoms with Crippen LogP contribution >= 0.6 is 0 Å². The van der Waals surface area contributed by atoms with Gasteiger partial charge in [0.2, 0.25) is 0 Å². The van der Waals surface area contributed by atoms with Crippen molar-refractivity contribution < 1.29 is 76.5 Å². The van der Waals surface area contributed by atoms with Gasteiger partial charge >= 0.3 is 35.8 Å². The molecule has 1 N–H and O–H groups in total. The van der Waals surface area contributed by atoms with Gasteiger partial charge in [0.15, 0.2) is 37.0 Å². The van der Waals surface area contributed by atoms with E-state index in [2.05, 4.69) is 0 Å². The van der Waals surface area contributed by atoms with Crippen LogP contribution in [0.15, 0.2) is 91.0 Å². The zero-order chi connectivity index (χ0) is 39.5. The Balaban J connectivity index is 1.46. The van der Waals surface area contributed by atoms with E-state index in [1.165, 1.54) is 36.4 Å². The molecule has 9 atom stereocenters. The Hall–Kier alpha value is -5.68. The van der Waals surface area contributed by atoms with Crippen molar-refractivity contribution in [3.63, 3.8) is 0 Å². The molecule has 3 aromatic rings. The Labute approximate surface area is 315 Å². The molecule has 0 spiro atoms. The van der Waals surface area contributed by atoms with Gasteiger partial charge in [-0.1, -0.05) is 54.6 Å². The molecule has 2 heterocycles. The van der Waals surface area contributed by atoms with Crippen LogP contribution in [0.5, 0.6) is 0 Å². The van der Waals surface area contributed by atoms with Gasteiger partial charge < -0.3 is 47.7 Å². The lowest BCUT2D eigenvalue weighted by Crippen LogP contribution is -2.63. The third-order valence-corrected chi connectivity index (χ3v) is 8.37. The lowest BCUT2D eigenvalue weighted by atomic mass is 9.97. The van der Waals surface area contributed by atoms with Crippen LogP contribution in [0.4, 0.5) is 0 Å². The molecule has 5 rings (SSSR count). The van der Waals surface area contributed by atoms with E-state index in [-0.39, 0.29) is 23.1 Å². The maximum absolute atomic E-state index is 13.6. The van der Waals surface area contributed by atoms with Gasteiger partial charge in [-0.05, 0) is 36.4 Å². The number of benzene rings is 3. The van der Waals surface area contributed by atoms with Crippen molar-refractivity contribution in [2.45, 2.75) is 82.5 Å². The van der Waals surface area contributed by atoms with E-state index >= 15 is 0 Å². The first-order valence-electron chi connectivity index (χ1n) is 17.3. The van der Waals surface area contributed by atoms with Gasteiger partial charge in [-0.15, -0.1) is 0 Å². The van der Waals surface area contributed by atoms with Crippen LogP contribution in [0.1, 0.15) is 58.3 Å². The second-order valence-corrected chi connectivity index (χ2v) is 12.5. The number of carbonyl (C=O) groups is 6. The summed E-state index contributed by atoms with van der Waals surface area (Å²) in [6, 6.07) is 23.5. The third kappa shape index (κ3) is 11.2. The molecule has 0 aromatic heterocycles. The van der Waals surface area contributed by atoms with Crippen molar-refractivity contribution in [3.05, 3.63) is 108 Å². The fourth-order valence-corrected chi connectivity index (χ4v) is 5.93. The molecule has 2 fully saturated rings. The summed E-state index contributed by atoms with van der Waals surface area (Å²) in [5, 5.41) is 11.3. The predicted molar refractivity (Wildman–Crippen MR) is 185 cm³/mol. The molecule has 292 valence electrons. The van der Waals surface area contributed by atoms with E-state index in [9.17, 15) is 33.9 Å². The Bertz CT molecular complexity index is 1780. The largest absolute Gasteiger partial charge is 0.463 e. The first kappa shape index (κ1) is 40.5. The molecule has 2 aliphatic rings. The van der Waals surface area contributed by atoms with E-state index in [0.717, 1.165) is 20.8 Å². The minimum absolute atomic E-state index is 0.103. The van der Waals surface area contributed by atoms with E-state index in [1.807, 2.05) is 0 Å². The zero-order valence-corrected chi connectivity index (χ0v) is 30.0. The normalized spacial score (nSPS) is 26.1. The first-order chi connectivity index (χ1) is 26.4. The lowest BCUT2D eigenvalue weighted by molar-refractivity contribution is -0.307. The number of rotatable bonds is 13. The van der Waals surface area contributed by atoms with Crippen molar-refractivity contribution in [1.82, 2.24) is 0 Å². The molecule has 3 aromatic carbocycles. The molecule has 0 bridgehead atoms. The van der Waals surface area contributed by atoms with Crippen LogP contribution in [0.2, 0.25) is 0 Å². The standard InChI is InChI=1S/C39H40O16/c1-22(40)47-20-29-32(50-24(3)42)28(49-23(2)41)19-31(51-29)48-21-30-33(53-36(43)25-13-7-4-8-14-25)34(54-37(44)26-15-9-5-10-16-26)35(39(46)52-30)55-38(45)27-17-11-6-12-18-27/h4-18,28-35,39,46H,19-21H2,1-3H3/t28-,29-,30-,31+,32-,33-,34+,35-,39+/m1/s1. The van der Waals surface area contributed by atoms with Crippen LogP contribution in [0, 0.1) is 0 Å². The van der Waals surface area contributed by atoms with Gasteiger partial charge in [0.25, 0.3) is 0 Å². The molecule has 16 heteroatoms. The molecule has 16 nitrogen and oxygen atoms in total. The van der Waals surface area contributed by atoms with Crippen molar-refractivity contribution in [2.75, 3.05) is 13.2 Å². The van der Waals surface area contributed by atoms with E-state index in [1.54, 1.807) is 54.6 Å². The minimum Gasteiger partial charge on any atom is -0.463 e. The Morgan fingerprint density at radius 3 is 1.47 bits per heavy atom. The average Bonchev–Trinajstić information content (AvgIpc) is 3.17. The van der Waals surface area contributed by atoms with Crippen LogP contribution in [0.25, 0.3) is 0 Å². The van der Waals surface area contributed by atoms with Crippen molar-refractivity contribution >= 4 is 35.8 Å². The van der Waals surface area contributed by atoms with Crippen LogP contribution < -0.4 is 0 Å². The second kappa shape index (κ2) is 19.1. The molecular weight excluding hydrogens is 724 g/mol. The van der Waals surface area contributed by atoms with Gasteiger partial charge in [-0.3, -0.25) is 14.4 Å². The molecule has 0 unspecified atom stereocenters. The molecule has 55 heavy (non-hydrogen) atoms. The summed E-state index contributed by atoms with van der Waals surface area (Å²) in [4.78, 5) is 76.0. The van der Waals surface area contributed by atoms with Crippen LogP contribution in [0.3, 0.4) is 0 Å². The van der Waals surface area contributed by atoms with Gasteiger partial charge in [-0.2, -0.15) is 0 Å². The maximum atomic E-state index is 13.6. The number of hydrogen-bond donors (Lipinski definition) is 1. The minimum atomic E-state index is -1.95. The molecule has 2 saturated heterocycles. The molecule has 0 radical (unpaired) electrons. The number of carbonyl (C=O) groups excluding carboxylic acids is 6. The quantitative estimate of drug-likeness (QED) is 0.196. The summed E-state index contributed by atoms with van der Waals surface area (Å²) in [6.45, 7) is 2.52. The molecular formula is C39H40O16. The molecule has 0 saturated carbocycles. The summed E-state index contributed by atoms with van der Waals surface area (Å²) in [7, 11) is 0. The topological polar surface area (TPSA) is 206 Å². The van der Waals surface area contributed by atoms with Gasteiger partial charge in [0, 0.05) is 27.2 Å². The zero-order valence-electron chi connectivity index (χ0n) is 30.0. The second-order valence-electron chi connectivity index (χ2n) is 12.5. The Morgan fingerprint density at radius 2 is 1.00 bits per heavy atom. The molecule has 2 aliphatic heterocycles. The Kier molecular flexibility index (Phi) is 14.0. The fraction of sp³-hybridized carbons (Fsp3) is 0.385. The van der Waals surface area contributed by atoms with Crippen molar-refractivity contribution in [2.24, 2.45) is 0 Å². The van der Waals surface area contributed by atoms with Gasteiger partial charge in [-0.25, -0.2) is 14.4 Å². The van der Waals surface area contributed by atoms with Gasteiger partial charge in [0.1, 0.15) is 24.9 Å². The fourth-order valence-electron chi connectivity index (χ4n) is 5.93. The molecule has 0 amide bonds. The highest BCUT2D eigenvalue weighted by Crippen LogP contribution is 2.32. The highest BCUT2D eigenvalue weighted by molar-refractivity contribution is 5.91. The van der Waals surface area contributed by atoms with E-state index in [4.69, 9.17) is 42.6 Å².